The van der Waals surface area contributed by atoms with E-state index in [0.717, 1.165) is 23.8 Å². The fourth-order valence-corrected chi connectivity index (χ4v) is 3.75. The third kappa shape index (κ3) is 6.35. The first kappa shape index (κ1) is 24.0. The molecule has 0 aromatic heterocycles. The summed E-state index contributed by atoms with van der Waals surface area (Å²) in [5.74, 6) is -1.13. The molecule has 30 heavy (non-hydrogen) atoms. The number of rotatable bonds is 9. The highest BCUT2D eigenvalue weighted by Crippen LogP contribution is 2.25. The molecule has 2 rings (SSSR count). The van der Waals surface area contributed by atoms with Crippen molar-refractivity contribution in [1.29, 1.82) is 0 Å². The van der Waals surface area contributed by atoms with Crippen LogP contribution in [0.25, 0.3) is 0 Å². The Morgan fingerprint density at radius 3 is 2.53 bits per heavy atom. The van der Waals surface area contributed by atoms with Crippen LogP contribution in [0.1, 0.15) is 31.9 Å². The maximum atomic E-state index is 14.2. The van der Waals surface area contributed by atoms with E-state index in [1.54, 1.807) is 31.4 Å². The van der Waals surface area contributed by atoms with Crippen LogP contribution in [0.4, 0.5) is 8.78 Å². The molecule has 0 saturated carbocycles. The fourth-order valence-electron chi connectivity index (χ4n) is 3.05. The maximum absolute atomic E-state index is 14.2. The second-order valence-corrected chi connectivity index (χ2v) is 9.39. The van der Waals surface area contributed by atoms with Crippen LogP contribution in [0.3, 0.4) is 0 Å². The lowest BCUT2D eigenvalue weighted by Gasteiger charge is -2.29. The Morgan fingerprint density at radius 2 is 2.00 bits per heavy atom. The predicted octanol–water partition coefficient (Wildman–Crippen LogP) is 3.98. The minimum atomic E-state index is -3.23. The Hall–Kier alpha value is -2.29. The van der Waals surface area contributed by atoms with Crippen LogP contribution in [-0.4, -0.2) is 38.3 Å². The Morgan fingerprint density at radius 1 is 1.30 bits per heavy atom. The molecule has 5 nitrogen and oxygen atoms in total. The lowest BCUT2D eigenvalue weighted by atomic mass is 10.0. The molecule has 164 valence electrons. The molecule has 0 spiro atoms. The maximum Gasteiger partial charge on any atom is 0.175 e. The summed E-state index contributed by atoms with van der Waals surface area (Å²) in [5, 5.41) is 0. The number of hydrogen-bond donors (Lipinski definition) is 1. The van der Waals surface area contributed by atoms with E-state index in [9.17, 15) is 17.2 Å². The van der Waals surface area contributed by atoms with Gasteiger partial charge in [0.1, 0.15) is 17.7 Å². The second-order valence-electron chi connectivity index (χ2n) is 7.38. The van der Waals surface area contributed by atoms with Crippen molar-refractivity contribution in [1.82, 2.24) is 4.90 Å². The molecule has 0 amide bonds. The Labute approximate surface area is 177 Å². The molecule has 1 aromatic carbocycles. The molecule has 0 heterocycles. The van der Waals surface area contributed by atoms with Gasteiger partial charge < -0.3 is 15.4 Å². The third-order valence-corrected chi connectivity index (χ3v) is 5.88. The smallest absolute Gasteiger partial charge is 0.175 e. The number of benzene rings is 1. The van der Waals surface area contributed by atoms with Crippen LogP contribution in [0, 0.1) is 11.6 Å². The van der Waals surface area contributed by atoms with Crippen molar-refractivity contribution in [3.8, 4) is 0 Å². The quantitative estimate of drug-likeness (QED) is 0.632. The fraction of sp³-hybridized carbons (Fsp3) is 0.364. The normalized spacial score (nSPS) is 18.6. The van der Waals surface area contributed by atoms with Crippen LogP contribution in [-0.2, 0) is 14.6 Å². The molecule has 0 saturated heterocycles. The third-order valence-electron chi connectivity index (χ3n) is 4.72. The molecule has 3 atom stereocenters. The first-order valence-corrected chi connectivity index (χ1v) is 11.4. The van der Waals surface area contributed by atoms with Gasteiger partial charge in [-0.05, 0) is 56.3 Å². The van der Waals surface area contributed by atoms with Crippen LogP contribution in [0.2, 0.25) is 0 Å². The summed E-state index contributed by atoms with van der Waals surface area (Å²) in [6.07, 6.45) is 9.25. The standard InChI is InChI=1S/C22H28F2N2O3S/c1-5-26(13-17-6-9-19(10-7-17)30(4,27)28)15(2)14-29-22(16(3)25)20-12-18(23)8-11-21(20)24/h5-6,8-13,15-16,22H,1,7,14,25H2,2-4H3/b17-13-/t15-,16+,22?/m1/s1. The van der Waals surface area contributed by atoms with Gasteiger partial charge in [0.05, 0.1) is 17.6 Å². The van der Waals surface area contributed by atoms with E-state index in [4.69, 9.17) is 10.5 Å². The molecular formula is C22H28F2N2O3S. The topological polar surface area (TPSA) is 72.6 Å². The van der Waals surface area contributed by atoms with Crippen LogP contribution < -0.4 is 5.73 Å². The van der Waals surface area contributed by atoms with Crippen LogP contribution in [0.5, 0.6) is 0 Å². The molecule has 2 N–H and O–H groups in total. The number of nitrogens with zero attached hydrogens (tertiary/aromatic N) is 1. The molecule has 0 aliphatic heterocycles. The van der Waals surface area contributed by atoms with Gasteiger partial charge in [-0.15, -0.1) is 0 Å². The van der Waals surface area contributed by atoms with E-state index in [1.807, 2.05) is 18.0 Å². The zero-order chi connectivity index (χ0) is 22.5. The van der Waals surface area contributed by atoms with E-state index >= 15 is 0 Å². The second kappa shape index (κ2) is 10.1. The minimum Gasteiger partial charge on any atom is -0.370 e. The van der Waals surface area contributed by atoms with Crippen molar-refractivity contribution < 1.29 is 21.9 Å². The summed E-state index contributed by atoms with van der Waals surface area (Å²) in [6, 6.07) is 2.47. The Bertz CT molecular complexity index is 969. The molecule has 8 heteroatoms. The van der Waals surface area contributed by atoms with Gasteiger partial charge in [-0.25, -0.2) is 17.2 Å². The van der Waals surface area contributed by atoms with Gasteiger partial charge in [0, 0.05) is 24.1 Å². The predicted molar refractivity (Wildman–Crippen MR) is 115 cm³/mol. The lowest BCUT2D eigenvalue weighted by Crippen LogP contribution is -2.33. The average Bonchev–Trinajstić information content (AvgIpc) is 2.68. The van der Waals surface area contributed by atoms with Crippen molar-refractivity contribution in [2.24, 2.45) is 5.73 Å². The first-order valence-electron chi connectivity index (χ1n) is 9.54. The van der Waals surface area contributed by atoms with Gasteiger partial charge in [0.25, 0.3) is 0 Å². The zero-order valence-corrected chi connectivity index (χ0v) is 18.2. The van der Waals surface area contributed by atoms with Gasteiger partial charge in [0.2, 0.25) is 0 Å². The molecule has 1 aromatic rings. The lowest BCUT2D eigenvalue weighted by molar-refractivity contribution is 0.0140. The molecule has 0 radical (unpaired) electrons. The van der Waals surface area contributed by atoms with Crippen LogP contribution >= 0.6 is 0 Å². The first-order chi connectivity index (χ1) is 14.0. The SMILES string of the molecule is C=CN(/C=C1/C=CC(S(C)(=O)=O)=CC1)[C@H](C)COC(c1cc(F)ccc1F)[C@H](C)N. The summed E-state index contributed by atoms with van der Waals surface area (Å²) in [7, 11) is -3.23. The van der Waals surface area contributed by atoms with Gasteiger partial charge in [-0.3, -0.25) is 0 Å². The van der Waals surface area contributed by atoms with Gasteiger partial charge >= 0.3 is 0 Å². The van der Waals surface area contributed by atoms with Crippen molar-refractivity contribution in [2.45, 2.75) is 38.5 Å². The monoisotopic (exact) mass is 438 g/mol. The average molecular weight is 439 g/mol. The van der Waals surface area contributed by atoms with E-state index in [2.05, 4.69) is 6.58 Å². The number of sulfone groups is 1. The number of hydrogen-bond acceptors (Lipinski definition) is 5. The number of nitrogens with two attached hydrogens (primary N) is 1. The zero-order valence-electron chi connectivity index (χ0n) is 17.4. The van der Waals surface area contributed by atoms with Gasteiger partial charge in [-0.1, -0.05) is 18.7 Å². The molecular weight excluding hydrogens is 410 g/mol. The van der Waals surface area contributed by atoms with Gasteiger partial charge in [0.15, 0.2) is 9.84 Å². The number of ether oxygens (including phenoxy) is 1. The Kier molecular flexibility index (Phi) is 8.11. The highest BCUT2D eigenvalue weighted by molar-refractivity contribution is 7.94. The molecule has 1 aliphatic rings. The van der Waals surface area contributed by atoms with Crippen LogP contribution in [0.15, 0.2) is 65.9 Å². The molecule has 0 fully saturated rings. The van der Waals surface area contributed by atoms with E-state index in [1.165, 1.54) is 6.26 Å². The van der Waals surface area contributed by atoms with Crippen molar-refractivity contribution in [3.05, 3.63) is 83.1 Å². The van der Waals surface area contributed by atoms with Crippen molar-refractivity contribution in [3.63, 3.8) is 0 Å². The summed E-state index contributed by atoms with van der Waals surface area (Å²) < 4.78 is 56.8. The minimum absolute atomic E-state index is 0.0781. The molecule has 1 unspecified atom stereocenters. The highest BCUT2D eigenvalue weighted by atomic mass is 32.2. The summed E-state index contributed by atoms with van der Waals surface area (Å²) in [4.78, 5) is 2.11. The Balaban J connectivity index is 2.08. The summed E-state index contributed by atoms with van der Waals surface area (Å²) >= 11 is 0. The largest absolute Gasteiger partial charge is 0.370 e. The number of allylic oxidation sites excluding steroid dienone is 4. The molecule has 1 aliphatic carbocycles. The highest BCUT2D eigenvalue weighted by Gasteiger charge is 2.23. The van der Waals surface area contributed by atoms with E-state index in [-0.39, 0.29) is 23.1 Å². The summed E-state index contributed by atoms with van der Waals surface area (Å²) in [6.45, 7) is 7.55. The summed E-state index contributed by atoms with van der Waals surface area (Å²) in [5.41, 5.74) is 6.93. The number of halogens is 2. The molecule has 0 bridgehead atoms. The van der Waals surface area contributed by atoms with E-state index < -0.39 is 33.6 Å². The van der Waals surface area contributed by atoms with E-state index in [0.29, 0.717) is 6.42 Å². The van der Waals surface area contributed by atoms with Crippen molar-refractivity contribution in [2.75, 3.05) is 12.9 Å². The van der Waals surface area contributed by atoms with Crippen molar-refractivity contribution >= 4 is 9.84 Å². The van der Waals surface area contributed by atoms with Gasteiger partial charge in [-0.2, -0.15) is 0 Å².